The molecule has 0 aromatic heterocycles. The van der Waals surface area contributed by atoms with E-state index in [9.17, 15) is 4.79 Å². The van der Waals surface area contributed by atoms with E-state index in [1.165, 1.54) is 12.8 Å². The number of nitrogens with zero attached hydrogens (tertiary/aromatic N) is 1. The first-order valence-electron chi connectivity index (χ1n) is 9.72. The van der Waals surface area contributed by atoms with Crippen molar-refractivity contribution in [2.24, 2.45) is 10.9 Å². The van der Waals surface area contributed by atoms with Crippen LogP contribution in [0.25, 0.3) is 0 Å². The van der Waals surface area contributed by atoms with Gasteiger partial charge in [0.05, 0.1) is 12.1 Å². The summed E-state index contributed by atoms with van der Waals surface area (Å²) in [5.74, 6) is 1.55. The lowest BCUT2D eigenvalue weighted by Gasteiger charge is -2.27. The number of hydrogen-bond donors (Lipinski definition) is 3. The zero-order valence-corrected chi connectivity index (χ0v) is 17.4. The van der Waals surface area contributed by atoms with Gasteiger partial charge in [-0.05, 0) is 66.7 Å². The molecule has 0 atom stereocenters. The molecular formula is C19H38N4O3. The predicted molar refractivity (Wildman–Crippen MR) is 106 cm³/mol. The summed E-state index contributed by atoms with van der Waals surface area (Å²) in [5, 5.41) is 9.39. The summed E-state index contributed by atoms with van der Waals surface area (Å²) in [4.78, 5) is 16.5. The quantitative estimate of drug-likeness (QED) is 0.313. The molecule has 0 aliphatic heterocycles. The molecule has 1 aliphatic rings. The Balaban J connectivity index is 2.33. The Morgan fingerprint density at radius 2 is 1.85 bits per heavy atom. The Morgan fingerprint density at radius 3 is 2.42 bits per heavy atom. The normalized spacial score (nSPS) is 15.5. The number of alkyl carbamates (subject to hydrolysis) is 1. The van der Waals surface area contributed by atoms with E-state index in [0.717, 1.165) is 44.6 Å². The van der Waals surface area contributed by atoms with Gasteiger partial charge in [-0.15, -0.1) is 0 Å². The molecule has 1 fully saturated rings. The minimum absolute atomic E-state index is 0.427. The van der Waals surface area contributed by atoms with Crippen LogP contribution in [0.4, 0.5) is 4.79 Å². The van der Waals surface area contributed by atoms with Crippen LogP contribution in [0, 0.1) is 5.92 Å². The van der Waals surface area contributed by atoms with Gasteiger partial charge in [-0.25, -0.2) is 4.79 Å². The maximum Gasteiger partial charge on any atom is 0.408 e. The standard InChI is InChI=1S/C19H38N4O3/c1-7-20-16(21-11-8-12-25-13-15-9-10-15)22-14-19(5,6)23-17(24)26-18(2,3)4/h15H,7-14H2,1-6H3,(H,23,24)(H2,20,21,22). The predicted octanol–water partition coefficient (Wildman–Crippen LogP) is 2.66. The first-order valence-corrected chi connectivity index (χ1v) is 9.72. The molecule has 1 saturated carbocycles. The summed E-state index contributed by atoms with van der Waals surface area (Å²) in [5.41, 5.74) is -1.01. The number of carbonyl (C=O) groups is 1. The molecule has 0 unspecified atom stereocenters. The summed E-state index contributed by atoms with van der Waals surface area (Å²) in [6.45, 7) is 15.1. The van der Waals surface area contributed by atoms with Crippen LogP contribution in [0.5, 0.6) is 0 Å². The molecule has 7 nitrogen and oxygen atoms in total. The maximum absolute atomic E-state index is 11.9. The molecule has 152 valence electrons. The van der Waals surface area contributed by atoms with Crippen molar-refractivity contribution >= 4 is 12.1 Å². The average Bonchev–Trinajstić information content (AvgIpc) is 3.29. The Kier molecular flexibility index (Phi) is 9.19. The van der Waals surface area contributed by atoms with E-state index >= 15 is 0 Å². The van der Waals surface area contributed by atoms with Crippen LogP contribution < -0.4 is 16.0 Å². The SMILES string of the molecule is CCNC(=NCC(C)(C)NC(=O)OC(C)(C)C)NCCCOCC1CC1. The summed E-state index contributed by atoms with van der Waals surface area (Å²) in [6.07, 6.45) is 3.16. The Bertz CT molecular complexity index is 454. The highest BCUT2D eigenvalue weighted by molar-refractivity contribution is 5.79. The van der Waals surface area contributed by atoms with Crippen molar-refractivity contribution in [3.8, 4) is 0 Å². The largest absolute Gasteiger partial charge is 0.444 e. The van der Waals surface area contributed by atoms with Gasteiger partial charge in [0, 0.05) is 26.3 Å². The number of guanidine groups is 1. The third-order valence-electron chi connectivity index (χ3n) is 3.62. The summed E-state index contributed by atoms with van der Waals surface area (Å²) in [7, 11) is 0. The molecule has 26 heavy (non-hydrogen) atoms. The zero-order chi connectivity index (χ0) is 19.6. The molecule has 0 heterocycles. The molecule has 0 spiro atoms. The number of carbonyl (C=O) groups excluding carboxylic acids is 1. The lowest BCUT2D eigenvalue weighted by atomic mass is 10.1. The number of ether oxygens (including phenoxy) is 2. The molecule has 1 amide bonds. The lowest BCUT2D eigenvalue weighted by molar-refractivity contribution is 0.0476. The fourth-order valence-electron chi connectivity index (χ4n) is 2.15. The van der Waals surface area contributed by atoms with Crippen molar-refractivity contribution in [2.45, 2.75) is 71.9 Å². The minimum atomic E-state index is -0.512. The highest BCUT2D eigenvalue weighted by atomic mass is 16.6. The minimum Gasteiger partial charge on any atom is -0.444 e. The molecule has 0 bridgehead atoms. The van der Waals surface area contributed by atoms with E-state index in [4.69, 9.17) is 9.47 Å². The van der Waals surface area contributed by atoms with Gasteiger partial charge in [-0.2, -0.15) is 0 Å². The van der Waals surface area contributed by atoms with Crippen molar-refractivity contribution in [1.82, 2.24) is 16.0 Å². The number of rotatable bonds is 10. The van der Waals surface area contributed by atoms with Crippen LogP contribution in [-0.4, -0.2) is 56.0 Å². The molecule has 7 heteroatoms. The third kappa shape index (κ3) is 12.0. The number of amides is 1. The van der Waals surface area contributed by atoms with Crippen LogP contribution in [0.2, 0.25) is 0 Å². The van der Waals surface area contributed by atoms with Crippen LogP contribution in [0.1, 0.15) is 60.8 Å². The van der Waals surface area contributed by atoms with Crippen molar-refractivity contribution < 1.29 is 14.3 Å². The smallest absolute Gasteiger partial charge is 0.408 e. The fourth-order valence-corrected chi connectivity index (χ4v) is 2.15. The highest BCUT2D eigenvalue weighted by Gasteiger charge is 2.24. The molecule has 1 aliphatic carbocycles. The van der Waals surface area contributed by atoms with E-state index < -0.39 is 17.2 Å². The van der Waals surface area contributed by atoms with Crippen molar-refractivity contribution in [2.75, 3.05) is 32.8 Å². The molecule has 1 rings (SSSR count). The van der Waals surface area contributed by atoms with E-state index in [-0.39, 0.29) is 0 Å². The van der Waals surface area contributed by atoms with Crippen LogP contribution >= 0.6 is 0 Å². The van der Waals surface area contributed by atoms with Crippen LogP contribution in [-0.2, 0) is 9.47 Å². The zero-order valence-electron chi connectivity index (χ0n) is 17.4. The monoisotopic (exact) mass is 370 g/mol. The molecule has 0 aromatic carbocycles. The number of nitrogens with one attached hydrogen (secondary N) is 3. The van der Waals surface area contributed by atoms with Crippen molar-refractivity contribution in [3.63, 3.8) is 0 Å². The molecule has 0 aromatic rings. The van der Waals surface area contributed by atoms with Gasteiger partial charge in [0.25, 0.3) is 0 Å². The molecule has 0 saturated heterocycles. The van der Waals surface area contributed by atoms with Crippen molar-refractivity contribution in [3.05, 3.63) is 0 Å². The Morgan fingerprint density at radius 1 is 1.15 bits per heavy atom. The summed E-state index contributed by atoms with van der Waals surface area (Å²) >= 11 is 0. The third-order valence-corrected chi connectivity index (χ3v) is 3.62. The van der Waals surface area contributed by atoms with E-state index in [2.05, 4.69) is 20.9 Å². The van der Waals surface area contributed by atoms with Crippen molar-refractivity contribution in [1.29, 1.82) is 0 Å². The second-order valence-corrected chi connectivity index (χ2v) is 8.50. The van der Waals surface area contributed by atoms with Gasteiger partial charge in [-0.1, -0.05) is 0 Å². The first kappa shape index (κ1) is 22.5. The van der Waals surface area contributed by atoms with E-state index in [0.29, 0.717) is 6.54 Å². The van der Waals surface area contributed by atoms with Gasteiger partial charge in [0.2, 0.25) is 0 Å². The van der Waals surface area contributed by atoms with Crippen LogP contribution in [0.3, 0.4) is 0 Å². The van der Waals surface area contributed by atoms with Crippen LogP contribution in [0.15, 0.2) is 4.99 Å². The van der Waals surface area contributed by atoms with Gasteiger partial charge < -0.3 is 25.4 Å². The van der Waals surface area contributed by atoms with Gasteiger partial charge in [-0.3, -0.25) is 4.99 Å². The molecule has 0 radical (unpaired) electrons. The van der Waals surface area contributed by atoms with Gasteiger partial charge >= 0.3 is 6.09 Å². The summed E-state index contributed by atoms with van der Waals surface area (Å²) < 4.78 is 10.9. The lowest BCUT2D eigenvalue weighted by Crippen LogP contribution is -2.49. The van der Waals surface area contributed by atoms with E-state index in [1.54, 1.807) is 0 Å². The topological polar surface area (TPSA) is 84.0 Å². The highest BCUT2D eigenvalue weighted by Crippen LogP contribution is 2.28. The first-order chi connectivity index (χ1) is 12.1. The Hall–Kier alpha value is -1.50. The molecular weight excluding hydrogens is 332 g/mol. The van der Waals surface area contributed by atoms with Gasteiger partial charge in [0.15, 0.2) is 5.96 Å². The van der Waals surface area contributed by atoms with Gasteiger partial charge in [0.1, 0.15) is 5.60 Å². The molecule has 3 N–H and O–H groups in total. The van der Waals surface area contributed by atoms with E-state index in [1.807, 2.05) is 41.5 Å². The Labute approximate surface area is 158 Å². The average molecular weight is 371 g/mol. The number of hydrogen-bond acceptors (Lipinski definition) is 4. The maximum atomic E-state index is 11.9. The second-order valence-electron chi connectivity index (χ2n) is 8.50. The number of aliphatic imine (C=N–C) groups is 1. The second kappa shape index (κ2) is 10.6. The summed E-state index contributed by atoms with van der Waals surface area (Å²) in [6, 6.07) is 0. The fraction of sp³-hybridized carbons (Fsp3) is 0.895.